The Balaban J connectivity index is 3.42. The lowest BCUT2D eigenvalue weighted by atomic mass is 9.81. The van der Waals surface area contributed by atoms with E-state index in [0.29, 0.717) is 6.42 Å². The molecule has 0 amide bonds. The third-order valence-electron chi connectivity index (χ3n) is 3.57. The Labute approximate surface area is 98.5 Å². The fourth-order valence-corrected chi connectivity index (χ4v) is 2.43. The summed E-state index contributed by atoms with van der Waals surface area (Å²) in [5.41, 5.74) is 12.1. The van der Waals surface area contributed by atoms with E-state index in [1.165, 1.54) is 27.8 Å². The third-order valence-corrected chi connectivity index (χ3v) is 3.57. The van der Waals surface area contributed by atoms with Crippen molar-refractivity contribution in [2.24, 2.45) is 5.73 Å². The highest BCUT2D eigenvalue weighted by molar-refractivity contribution is 5.47. The van der Waals surface area contributed by atoms with Gasteiger partial charge >= 0.3 is 0 Å². The van der Waals surface area contributed by atoms with Gasteiger partial charge in [0.15, 0.2) is 0 Å². The van der Waals surface area contributed by atoms with Crippen LogP contribution in [0.3, 0.4) is 0 Å². The van der Waals surface area contributed by atoms with Crippen LogP contribution in [0.15, 0.2) is 6.07 Å². The van der Waals surface area contributed by atoms with Crippen molar-refractivity contribution in [3.63, 3.8) is 0 Å². The standard InChI is InChI=1S/C14H23NO/c1-9-8-10(2)12(4)13(11(9)3)14(5,15)6-7-16/h8,16H,6-7,15H2,1-5H3. The monoisotopic (exact) mass is 221 g/mol. The van der Waals surface area contributed by atoms with Crippen LogP contribution in [-0.2, 0) is 5.54 Å². The van der Waals surface area contributed by atoms with Crippen molar-refractivity contribution in [3.05, 3.63) is 33.9 Å². The molecular formula is C14H23NO. The highest BCUT2D eigenvalue weighted by atomic mass is 16.3. The summed E-state index contributed by atoms with van der Waals surface area (Å²) in [6, 6.07) is 2.20. The molecular weight excluding hydrogens is 198 g/mol. The highest BCUT2D eigenvalue weighted by Gasteiger charge is 2.25. The van der Waals surface area contributed by atoms with Gasteiger partial charge in [0.2, 0.25) is 0 Å². The number of rotatable bonds is 3. The minimum atomic E-state index is -0.445. The molecule has 0 bridgehead atoms. The first-order valence-corrected chi connectivity index (χ1v) is 5.79. The first-order chi connectivity index (χ1) is 7.31. The molecule has 0 spiro atoms. The van der Waals surface area contributed by atoms with Crippen LogP contribution >= 0.6 is 0 Å². The zero-order valence-electron chi connectivity index (χ0n) is 11.0. The number of benzene rings is 1. The lowest BCUT2D eigenvalue weighted by Gasteiger charge is -2.30. The third kappa shape index (κ3) is 2.28. The molecule has 1 aromatic carbocycles. The molecule has 1 unspecified atom stereocenters. The molecule has 0 aliphatic rings. The molecule has 0 fully saturated rings. The van der Waals surface area contributed by atoms with E-state index in [9.17, 15) is 0 Å². The van der Waals surface area contributed by atoms with Crippen LogP contribution in [0.4, 0.5) is 0 Å². The Bertz CT molecular complexity index is 368. The van der Waals surface area contributed by atoms with E-state index in [2.05, 4.69) is 33.8 Å². The fourth-order valence-electron chi connectivity index (χ4n) is 2.43. The van der Waals surface area contributed by atoms with E-state index in [-0.39, 0.29) is 6.61 Å². The molecule has 2 heteroatoms. The molecule has 0 radical (unpaired) electrons. The number of nitrogens with two attached hydrogens (primary N) is 1. The van der Waals surface area contributed by atoms with Crippen LogP contribution in [-0.4, -0.2) is 11.7 Å². The van der Waals surface area contributed by atoms with Gasteiger partial charge < -0.3 is 10.8 Å². The van der Waals surface area contributed by atoms with Crippen molar-refractivity contribution in [3.8, 4) is 0 Å². The summed E-state index contributed by atoms with van der Waals surface area (Å²) in [7, 11) is 0. The Kier molecular flexibility index (Phi) is 3.76. The van der Waals surface area contributed by atoms with Gasteiger partial charge in [-0.1, -0.05) is 6.07 Å². The molecule has 2 nitrogen and oxygen atoms in total. The molecule has 0 aromatic heterocycles. The number of aliphatic hydroxyl groups excluding tert-OH is 1. The van der Waals surface area contributed by atoms with Crippen molar-refractivity contribution in [1.82, 2.24) is 0 Å². The molecule has 0 heterocycles. The molecule has 16 heavy (non-hydrogen) atoms. The largest absolute Gasteiger partial charge is 0.396 e. The van der Waals surface area contributed by atoms with Gasteiger partial charge in [0.25, 0.3) is 0 Å². The summed E-state index contributed by atoms with van der Waals surface area (Å²) >= 11 is 0. The highest BCUT2D eigenvalue weighted by Crippen LogP contribution is 2.31. The smallest absolute Gasteiger partial charge is 0.0451 e. The van der Waals surface area contributed by atoms with E-state index >= 15 is 0 Å². The van der Waals surface area contributed by atoms with Crippen LogP contribution < -0.4 is 5.73 Å². The Morgan fingerprint density at radius 3 is 1.94 bits per heavy atom. The maximum Gasteiger partial charge on any atom is 0.0451 e. The van der Waals surface area contributed by atoms with Gasteiger partial charge in [-0.05, 0) is 68.9 Å². The maximum atomic E-state index is 9.10. The molecule has 1 aromatic rings. The second-order valence-corrected chi connectivity index (χ2v) is 5.03. The molecule has 0 saturated carbocycles. The first kappa shape index (κ1) is 13.2. The summed E-state index contributed by atoms with van der Waals surface area (Å²) in [6.45, 7) is 10.6. The van der Waals surface area contributed by atoms with Gasteiger partial charge in [-0.3, -0.25) is 0 Å². The number of aliphatic hydroxyl groups is 1. The van der Waals surface area contributed by atoms with E-state index in [0.717, 1.165) is 0 Å². The Hall–Kier alpha value is -0.860. The first-order valence-electron chi connectivity index (χ1n) is 5.79. The topological polar surface area (TPSA) is 46.2 Å². The summed E-state index contributed by atoms with van der Waals surface area (Å²) in [5.74, 6) is 0. The normalized spacial score (nSPS) is 14.9. The lowest BCUT2D eigenvalue weighted by molar-refractivity contribution is 0.246. The summed E-state index contributed by atoms with van der Waals surface area (Å²) in [4.78, 5) is 0. The predicted molar refractivity (Wildman–Crippen MR) is 68.6 cm³/mol. The Morgan fingerprint density at radius 1 is 1.12 bits per heavy atom. The van der Waals surface area contributed by atoms with Crippen molar-refractivity contribution in [1.29, 1.82) is 0 Å². The molecule has 3 N–H and O–H groups in total. The van der Waals surface area contributed by atoms with Gasteiger partial charge in [-0.15, -0.1) is 0 Å². The Morgan fingerprint density at radius 2 is 1.56 bits per heavy atom. The SMILES string of the molecule is Cc1cc(C)c(C)c(C(C)(N)CCO)c1C. The minimum absolute atomic E-state index is 0.124. The van der Waals surface area contributed by atoms with Gasteiger partial charge in [0.1, 0.15) is 0 Å². The van der Waals surface area contributed by atoms with E-state index < -0.39 is 5.54 Å². The fraction of sp³-hybridized carbons (Fsp3) is 0.571. The van der Waals surface area contributed by atoms with Crippen molar-refractivity contribution < 1.29 is 5.11 Å². The van der Waals surface area contributed by atoms with Crippen LogP contribution in [0.2, 0.25) is 0 Å². The van der Waals surface area contributed by atoms with Gasteiger partial charge in [0, 0.05) is 12.1 Å². The van der Waals surface area contributed by atoms with E-state index in [4.69, 9.17) is 10.8 Å². The molecule has 90 valence electrons. The van der Waals surface area contributed by atoms with Crippen LogP contribution in [0.25, 0.3) is 0 Å². The molecule has 0 saturated heterocycles. The molecule has 0 aliphatic carbocycles. The van der Waals surface area contributed by atoms with Crippen molar-refractivity contribution in [2.75, 3.05) is 6.61 Å². The average Bonchev–Trinajstić information content (AvgIpc) is 2.14. The molecule has 0 aliphatic heterocycles. The van der Waals surface area contributed by atoms with Crippen LogP contribution in [0, 0.1) is 27.7 Å². The number of hydrogen-bond donors (Lipinski definition) is 2. The zero-order chi connectivity index (χ0) is 12.5. The average molecular weight is 221 g/mol. The quantitative estimate of drug-likeness (QED) is 0.823. The predicted octanol–water partition coefficient (Wildman–Crippen LogP) is 2.48. The number of aryl methyl sites for hydroxylation is 2. The van der Waals surface area contributed by atoms with Gasteiger partial charge in [0.05, 0.1) is 0 Å². The minimum Gasteiger partial charge on any atom is -0.396 e. The van der Waals surface area contributed by atoms with E-state index in [1.54, 1.807) is 0 Å². The van der Waals surface area contributed by atoms with E-state index in [1.807, 2.05) is 6.92 Å². The maximum absolute atomic E-state index is 9.10. The van der Waals surface area contributed by atoms with Crippen molar-refractivity contribution in [2.45, 2.75) is 46.6 Å². The van der Waals surface area contributed by atoms with Crippen LogP contribution in [0.1, 0.15) is 41.2 Å². The van der Waals surface area contributed by atoms with Gasteiger partial charge in [-0.25, -0.2) is 0 Å². The summed E-state index contributed by atoms with van der Waals surface area (Å²) in [6.07, 6.45) is 0.595. The number of hydrogen-bond acceptors (Lipinski definition) is 2. The molecule has 1 atom stereocenters. The second-order valence-electron chi connectivity index (χ2n) is 5.03. The molecule has 1 rings (SSSR count). The lowest BCUT2D eigenvalue weighted by Crippen LogP contribution is -2.36. The zero-order valence-corrected chi connectivity index (χ0v) is 11.0. The summed E-state index contributed by atoms with van der Waals surface area (Å²) < 4.78 is 0. The van der Waals surface area contributed by atoms with Crippen molar-refractivity contribution >= 4 is 0 Å². The van der Waals surface area contributed by atoms with Crippen LogP contribution in [0.5, 0.6) is 0 Å². The second kappa shape index (κ2) is 4.56. The van der Waals surface area contributed by atoms with Gasteiger partial charge in [-0.2, -0.15) is 0 Å². The summed E-state index contributed by atoms with van der Waals surface area (Å²) in [5, 5.41) is 9.10.